The molecular weight excluding hydrogens is 268 g/mol. The number of carbonyl (C=O) groups is 1. The Bertz CT molecular complexity index is 500. The Hall–Kier alpha value is -1.59. The van der Waals surface area contributed by atoms with E-state index in [1.165, 1.54) is 0 Å². The van der Waals surface area contributed by atoms with Gasteiger partial charge in [0.2, 0.25) is 5.91 Å². The summed E-state index contributed by atoms with van der Waals surface area (Å²) < 4.78 is 5.36. The molecule has 1 saturated heterocycles. The maximum atomic E-state index is 12.2. The summed E-state index contributed by atoms with van der Waals surface area (Å²) in [6, 6.07) is 7.88. The van der Waals surface area contributed by atoms with Crippen molar-refractivity contribution in [3.05, 3.63) is 24.3 Å². The van der Waals surface area contributed by atoms with E-state index in [2.05, 4.69) is 10.2 Å². The molecule has 0 bridgehead atoms. The van der Waals surface area contributed by atoms with Crippen molar-refractivity contribution >= 4 is 17.3 Å². The topological polar surface area (TPSA) is 61.8 Å². The lowest BCUT2D eigenvalue weighted by Gasteiger charge is -2.29. The number of hydrogen-bond donors (Lipinski definition) is 2. The SMILES string of the molecule is O=C(Nc1cccc(N2CCOCC2)c1)C1CCCC1O. The fourth-order valence-electron chi connectivity index (χ4n) is 3.08. The first-order valence-electron chi connectivity index (χ1n) is 7.66. The highest BCUT2D eigenvalue weighted by Gasteiger charge is 2.31. The largest absolute Gasteiger partial charge is 0.392 e. The maximum Gasteiger partial charge on any atom is 0.230 e. The van der Waals surface area contributed by atoms with Crippen LogP contribution in [0.4, 0.5) is 11.4 Å². The van der Waals surface area contributed by atoms with E-state index in [-0.39, 0.29) is 11.8 Å². The summed E-state index contributed by atoms with van der Waals surface area (Å²) in [6.45, 7) is 3.23. The lowest BCUT2D eigenvalue weighted by atomic mass is 10.1. The quantitative estimate of drug-likeness (QED) is 0.888. The van der Waals surface area contributed by atoms with Crippen LogP contribution in [0, 0.1) is 5.92 Å². The standard InChI is InChI=1S/C16H22N2O3/c19-15-6-2-5-14(15)16(20)17-12-3-1-4-13(11-12)18-7-9-21-10-8-18/h1,3-4,11,14-15,19H,2,5-10H2,(H,17,20). The van der Waals surface area contributed by atoms with Crippen molar-refractivity contribution in [2.45, 2.75) is 25.4 Å². The van der Waals surface area contributed by atoms with Crippen molar-refractivity contribution < 1.29 is 14.6 Å². The molecule has 2 atom stereocenters. The van der Waals surface area contributed by atoms with Crippen LogP contribution in [0.15, 0.2) is 24.3 Å². The predicted molar refractivity (Wildman–Crippen MR) is 81.5 cm³/mol. The van der Waals surface area contributed by atoms with Crippen LogP contribution in [0.25, 0.3) is 0 Å². The minimum absolute atomic E-state index is 0.0703. The molecular formula is C16H22N2O3. The van der Waals surface area contributed by atoms with Crippen LogP contribution < -0.4 is 10.2 Å². The highest BCUT2D eigenvalue weighted by molar-refractivity contribution is 5.93. The zero-order valence-electron chi connectivity index (χ0n) is 12.1. The van der Waals surface area contributed by atoms with Gasteiger partial charge < -0.3 is 20.1 Å². The van der Waals surface area contributed by atoms with Gasteiger partial charge in [0.15, 0.2) is 0 Å². The second kappa shape index (κ2) is 6.45. The fourth-order valence-corrected chi connectivity index (χ4v) is 3.08. The molecule has 0 radical (unpaired) electrons. The number of amides is 1. The number of benzene rings is 1. The van der Waals surface area contributed by atoms with Gasteiger partial charge in [0.05, 0.1) is 25.2 Å². The van der Waals surface area contributed by atoms with Crippen molar-refractivity contribution in [2.24, 2.45) is 5.92 Å². The smallest absolute Gasteiger partial charge is 0.230 e. The molecule has 1 aliphatic carbocycles. The number of aliphatic hydroxyl groups is 1. The lowest BCUT2D eigenvalue weighted by molar-refractivity contribution is -0.122. The van der Waals surface area contributed by atoms with Gasteiger partial charge in [0.25, 0.3) is 0 Å². The molecule has 5 heteroatoms. The summed E-state index contributed by atoms with van der Waals surface area (Å²) in [7, 11) is 0. The molecule has 1 aromatic rings. The third-order valence-electron chi connectivity index (χ3n) is 4.31. The average Bonchev–Trinajstić information content (AvgIpc) is 2.95. The number of aliphatic hydroxyl groups excluding tert-OH is 1. The first-order chi connectivity index (χ1) is 10.2. The number of carbonyl (C=O) groups excluding carboxylic acids is 1. The molecule has 5 nitrogen and oxygen atoms in total. The van der Waals surface area contributed by atoms with Crippen LogP contribution >= 0.6 is 0 Å². The number of nitrogens with zero attached hydrogens (tertiary/aromatic N) is 1. The van der Waals surface area contributed by atoms with Crippen molar-refractivity contribution in [3.63, 3.8) is 0 Å². The van der Waals surface area contributed by atoms with Crippen molar-refractivity contribution in [2.75, 3.05) is 36.5 Å². The molecule has 3 rings (SSSR count). The number of hydrogen-bond acceptors (Lipinski definition) is 4. The monoisotopic (exact) mass is 290 g/mol. The zero-order valence-corrected chi connectivity index (χ0v) is 12.1. The molecule has 1 aliphatic heterocycles. The van der Waals surface area contributed by atoms with E-state index in [4.69, 9.17) is 4.74 Å². The normalized spacial score (nSPS) is 25.9. The molecule has 21 heavy (non-hydrogen) atoms. The van der Waals surface area contributed by atoms with Crippen LogP contribution in [0.5, 0.6) is 0 Å². The maximum absolute atomic E-state index is 12.2. The molecule has 1 amide bonds. The van der Waals surface area contributed by atoms with Gasteiger partial charge >= 0.3 is 0 Å². The van der Waals surface area contributed by atoms with E-state index < -0.39 is 6.10 Å². The Morgan fingerprint density at radius 1 is 1.29 bits per heavy atom. The first-order valence-corrected chi connectivity index (χ1v) is 7.66. The molecule has 1 aromatic carbocycles. The summed E-state index contributed by atoms with van der Waals surface area (Å²) in [5, 5.41) is 12.7. The molecule has 2 unspecified atom stereocenters. The molecule has 1 heterocycles. The Balaban J connectivity index is 1.66. The molecule has 2 aliphatic rings. The van der Waals surface area contributed by atoms with Crippen LogP contribution in [0.2, 0.25) is 0 Å². The van der Waals surface area contributed by atoms with E-state index in [0.29, 0.717) is 0 Å². The Morgan fingerprint density at radius 2 is 2.10 bits per heavy atom. The third-order valence-corrected chi connectivity index (χ3v) is 4.31. The van der Waals surface area contributed by atoms with E-state index in [9.17, 15) is 9.90 Å². The Morgan fingerprint density at radius 3 is 2.81 bits per heavy atom. The van der Waals surface area contributed by atoms with Gasteiger partial charge in [-0.3, -0.25) is 4.79 Å². The predicted octanol–water partition coefficient (Wildman–Crippen LogP) is 1.62. The molecule has 0 spiro atoms. The van der Waals surface area contributed by atoms with Gasteiger partial charge in [-0.05, 0) is 37.5 Å². The van der Waals surface area contributed by atoms with Crippen LogP contribution in [0.3, 0.4) is 0 Å². The van der Waals surface area contributed by atoms with Gasteiger partial charge in [-0.1, -0.05) is 6.07 Å². The Labute approximate surface area is 124 Å². The number of ether oxygens (including phenoxy) is 1. The van der Waals surface area contributed by atoms with Gasteiger partial charge in [0.1, 0.15) is 0 Å². The van der Waals surface area contributed by atoms with Gasteiger partial charge in [-0.15, -0.1) is 0 Å². The molecule has 114 valence electrons. The summed E-state index contributed by atoms with van der Waals surface area (Å²) in [4.78, 5) is 14.5. The van der Waals surface area contributed by atoms with Gasteiger partial charge in [-0.25, -0.2) is 0 Å². The van der Waals surface area contributed by atoms with E-state index >= 15 is 0 Å². The van der Waals surface area contributed by atoms with Gasteiger partial charge in [-0.2, -0.15) is 0 Å². The van der Waals surface area contributed by atoms with Crippen LogP contribution in [0.1, 0.15) is 19.3 Å². The summed E-state index contributed by atoms with van der Waals surface area (Å²) >= 11 is 0. The van der Waals surface area contributed by atoms with E-state index in [0.717, 1.165) is 56.9 Å². The minimum Gasteiger partial charge on any atom is -0.392 e. The van der Waals surface area contributed by atoms with E-state index in [1.54, 1.807) is 0 Å². The average molecular weight is 290 g/mol. The van der Waals surface area contributed by atoms with Crippen LogP contribution in [-0.4, -0.2) is 43.4 Å². The van der Waals surface area contributed by atoms with Crippen LogP contribution in [-0.2, 0) is 9.53 Å². The van der Waals surface area contributed by atoms with Crippen molar-refractivity contribution in [1.82, 2.24) is 0 Å². The fraction of sp³-hybridized carbons (Fsp3) is 0.562. The summed E-state index contributed by atoms with van der Waals surface area (Å²) in [6.07, 6.45) is 1.93. The van der Waals surface area contributed by atoms with Crippen molar-refractivity contribution in [1.29, 1.82) is 0 Å². The molecule has 0 aromatic heterocycles. The highest BCUT2D eigenvalue weighted by Crippen LogP contribution is 2.27. The summed E-state index contributed by atoms with van der Waals surface area (Å²) in [5.41, 5.74) is 1.89. The van der Waals surface area contributed by atoms with E-state index in [1.807, 2.05) is 24.3 Å². The van der Waals surface area contributed by atoms with Crippen molar-refractivity contribution in [3.8, 4) is 0 Å². The number of morpholine rings is 1. The molecule has 2 fully saturated rings. The molecule has 2 N–H and O–H groups in total. The number of nitrogens with one attached hydrogen (secondary N) is 1. The highest BCUT2D eigenvalue weighted by atomic mass is 16.5. The first kappa shape index (κ1) is 14.4. The lowest BCUT2D eigenvalue weighted by Crippen LogP contribution is -2.36. The Kier molecular flexibility index (Phi) is 4.41. The second-order valence-electron chi connectivity index (χ2n) is 5.74. The summed E-state index contributed by atoms with van der Waals surface area (Å²) in [5.74, 6) is -0.337. The minimum atomic E-state index is -0.493. The zero-order chi connectivity index (χ0) is 14.7. The number of anilines is 2. The second-order valence-corrected chi connectivity index (χ2v) is 5.74. The molecule has 1 saturated carbocycles. The third kappa shape index (κ3) is 3.36. The van der Waals surface area contributed by atoms with Gasteiger partial charge in [0, 0.05) is 24.5 Å². The number of rotatable bonds is 3.